The first-order chi connectivity index (χ1) is 14.8. The van der Waals surface area contributed by atoms with Crippen molar-refractivity contribution in [1.82, 2.24) is 9.78 Å². The number of aryl methyl sites for hydroxylation is 1. The molecule has 0 aliphatic heterocycles. The number of aromatic nitrogens is 2. The second-order valence-electron chi connectivity index (χ2n) is 6.40. The Hall–Kier alpha value is -4.28. The fourth-order valence-electron chi connectivity index (χ4n) is 2.54. The van der Waals surface area contributed by atoms with Crippen LogP contribution in [0.5, 0.6) is 5.75 Å². The van der Waals surface area contributed by atoms with Crippen LogP contribution in [0.1, 0.15) is 16.8 Å². The molecule has 31 heavy (non-hydrogen) atoms. The maximum absolute atomic E-state index is 13.6. The molecule has 160 valence electrons. The lowest BCUT2D eigenvalue weighted by atomic mass is 10.2. The highest BCUT2D eigenvalue weighted by Crippen LogP contribution is 2.16. The third-order valence-electron chi connectivity index (χ3n) is 4.18. The van der Waals surface area contributed by atoms with E-state index in [9.17, 15) is 19.3 Å². The van der Waals surface area contributed by atoms with E-state index in [0.29, 0.717) is 22.6 Å². The van der Waals surface area contributed by atoms with Crippen molar-refractivity contribution in [1.29, 1.82) is 0 Å². The van der Waals surface area contributed by atoms with Gasteiger partial charge in [-0.15, -0.1) is 0 Å². The summed E-state index contributed by atoms with van der Waals surface area (Å²) in [6.45, 7) is 1.28. The summed E-state index contributed by atoms with van der Waals surface area (Å²) in [7, 11) is 0. The predicted molar refractivity (Wildman–Crippen MR) is 108 cm³/mol. The van der Waals surface area contributed by atoms with Crippen LogP contribution in [-0.2, 0) is 22.8 Å². The number of carbonyl (C=O) groups excluding carboxylic acids is 1. The predicted octanol–water partition coefficient (Wildman–Crippen LogP) is 2.68. The Labute approximate surface area is 175 Å². The van der Waals surface area contributed by atoms with Crippen LogP contribution >= 0.6 is 0 Å². The third-order valence-corrected chi connectivity index (χ3v) is 4.18. The van der Waals surface area contributed by atoms with Gasteiger partial charge in [0.15, 0.2) is 12.4 Å². The summed E-state index contributed by atoms with van der Waals surface area (Å²) in [4.78, 5) is 26.7. The number of amidine groups is 1. The molecular weight excluding hydrogens is 409 g/mol. The van der Waals surface area contributed by atoms with Crippen LogP contribution in [0.4, 0.5) is 10.2 Å². The molecule has 0 aliphatic rings. The Morgan fingerprint density at radius 2 is 1.97 bits per heavy atom. The van der Waals surface area contributed by atoms with Crippen molar-refractivity contribution in [2.75, 3.05) is 0 Å². The molecule has 2 aromatic carbocycles. The summed E-state index contributed by atoms with van der Waals surface area (Å²) >= 11 is 0. The van der Waals surface area contributed by atoms with E-state index < -0.39 is 10.9 Å². The van der Waals surface area contributed by atoms with Crippen LogP contribution in [-0.4, -0.2) is 26.5 Å². The molecule has 1 aromatic heterocycles. The molecule has 0 spiro atoms. The van der Waals surface area contributed by atoms with E-state index in [1.165, 1.54) is 12.1 Å². The zero-order valence-electron chi connectivity index (χ0n) is 16.4. The number of ether oxygens (including phenoxy) is 1. The van der Waals surface area contributed by atoms with Crippen LogP contribution in [0, 0.1) is 22.9 Å². The summed E-state index contributed by atoms with van der Waals surface area (Å²) < 4.78 is 20.3. The van der Waals surface area contributed by atoms with Gasteiger partial charge in [-0.3, -0.25) is 0 Å². The summed E-state index contributed by atoms with van der Waals surface area (Å²) in [6.07, 6.45) is 0. The van der Waals surface area contributed by atoms with Gasteiger partial charge in [-0.2, -0.15) is 4.68 Å². The van der Waals surface area contributed by atoms with Crippen molar-refractivity contribution >= 4 is 17.6 Å². The molecule has 0 saturated heterocycles. The van der Waals surface area contributed by atoms with E-state index in [-0.39, 0.29) is 30.6 Å². The smallest absolute Gasteiger partial charge is 0.390 e. The number of nitro groups is 1. The van der Waals surface area contributed by atoms with Crippen molar-refractivity contribution in [2.45, 2.75) is 20.1 Å². The van der Waals surface area contributed by atoms with Crippen LogP contribution in [0.15, 0.2) is 59.8 Å². The second-order valence-corrected chi connectivity index (χ2v) is 6.40. The Morgan fingerprint density at radius 1 is 1.26 bits per heavy atom. The summed E-state index contributed by atoms with van der Waals surface area (Å²) in [5.41, 5.74) is 7.14. The third kappa shape index (κ3) is 5.63. The Kier molecular flexibility index (Phi) is 6.55. The summed E-state index contributed by atoms with van der Waals surface area (Å²) in [5.74, 6) is -1.08. The molecule has 0 atom stereocenters. The largest absolute Gasteiger partial charge is 0.489 e. The first-order valence-electron chi connectivity index (χ1n) is 9.02. The maximum Gasteiger partial charge on any atom is 0.390 e. The van der Waals surface area contributed by atoms with E-state index >= 15 is 0 Å². The maximum atomic E-state index is 13.6. The Morgan fingerprint density at radius 3 is 2.61 bits per heavy atom. The fourth-order valence-corrected chi connectivity index (χ4v) is 2.54. The Balaban J connectivity index is 1.55. The lowest BCUT2D eigenvalue weighted by Gasteiger charge is -2.08. The highest BCUT2D eigenvalue weighted by Gasteiger charge is 2.18. The average molecular weight is 427 g/mol. The summed E-state index contributed by atoms with van der Waals surface area (Å²) in [6, 6.07) is 14.0. The van der Waals surface area contributed by atoms with Crippen LogP contribution in [0.3, 0.4) is 0 Å². The molecule has 3 rings (SSSR count). The molecule has 2 N–H and O–H groups in total. The molecule has 10 nitrogen and oxygen atoms in total. The molecule has 3 aromatic rings. The molecule has 0 unspecified atom stereocenters. The number of halogens is 1. The lowest BCUT2D eigenvalue weighted by molar-refractivity contribution is -0.389. The number of nitrogens with two attached hydrogens (primary N) is 1. The second kappa shape index (κ2) is 9.48. The number of nitrogens with zero attached hydrogens (tertiary/aromatic N) is 4. The van der Waals surface area contributed by atoms with Crippen LogP contribution in [0.2, 0.25) is 0 Å². The number of oxime groups is 1. The number of hydrogen-bond acceptors (Lipinski definition) is 7. The molecule has 0 fully saturated rings. The van der Waals surface area contributed by atoms with Gasteiger partial charge in [0.2, 0.25) is 0 Å². The minimum Gasteiger partial charge on any atom is -0.489 e. The number of hydrogen-bond donors (Lipinski definition) is 1. The van der Waals surface area contributed by atoms with Gasteiger partial charge < -0.3 is 25.4 Å². The number of rotatable bonds is 8. The van der Waals surface area contributed by atoms with Crippen molar-refractivity contribution in [2.24, 2.45) is 10.9 Å². The lowest BCUT2D eigenvalue weighted by Crippen LogP contribution is -2.18. The molecular formula is C20H18FN5O5. The minimum atomic E-state index is -0.797. The molecule has 0 radical (unpaired) electrons. The topological polar surface area (TPSA) is 135 Å². The molecule has 0 bridgehead atoms. The highest BCUT2D eigenvalue weighted by atomic mass is 19.1. The van der Waals surface area contributed by atoms with Crippen LogP contribution in [0.25, 0.3) is 0 Å². The zero-order valence-corrected chi connectivity index (χ0v) is 16.4. The van der Waals surface area contributed by atoms with Gasteiger partial charge in [0, 0.05) is 11.1 Å². The molecule has 0 aliphatic carbocycles. The SMILES string of the molecule is Cc1cc([N+](=O)[O-])nn1CC(=O)O/N=C(\N)c1ccc(OCc2ccccc2F)cc1. The van der Waals surface area contributed by atoms with Crippen LogP contribution < -0.4 is 10.5 Å². The molecule has 0 amide bonds. The van der Waals surface area contributed by atoms with E-state index in [4.69, 9.17) is 15.3 Å². The van der Waals surface area contributed by atoms with Crippen molar-refractivity contribution in [3.63, 3.8) is 0 Å². The van der Waals surface area contributed by atoms with Gasteiger partial charge in [-0.05, 0) is 42.2 Å². The quantitative estimate of drug-likeness (QED) is 0.192. The average Bonchev–Trinajstić information content (AvgIpc) is 3.12. The van der Waals surface area contributed by atoms with E-state index in [0.717, 1.165) is 4.68 Å². The van der Waals surface area contributed by atoms with E-state index in [2.05, 4.69) is 10.3 Å². The number of benzene rings is 2. The standard InChI is InChI=1S/C20H18FN5O5/c1-13-10-18(26(28)29)23-25(13)11-19(27)31-24-20(22)14-6-8-16(9-7-14)30-12-15-4-2-3-5-17(15)21/h2-10H,11-12H2,1H3,(H2,22,24). The highest BCUT2D eigenvalue weighted by molar-refractivity contribution is 5.97. The molecule has 0 saturated carbocycles. The van der Waals surface area contributed by atoms with Gasteiger partial charge in [0.05, 0.1) is 16.9 Å². The van der Waals surface area contributed by atoms with Crippen molar-refractivity contribution < 1.29 is 23.7 Å². The van der Waals surface area contributed by atoms with E-state index in [1.54, 1.807) is 49.4 Å². The first kappa shape index (κ1) is 21.4. The van der Waals surface area contributed by atoms with Crippen molar-refractivity contribution in [3.05, 3.63) is 87.3 Å². The van der Waals surface area contributed by atoms with Gasteiger partial charge >= 0.3 is 11.8 Å². The molecule has 11 heteroatoms. The van der Waals surface area contributed by atoms with Gasteiger partial charge in [0.25, 0.3) is 0 Å². The normalized spacial score (nSPS) is 11.2. The van der Waals surface area contributed by atoms with Gasteiger partial charge in [0.1, 0.15) is 18.2 Å². The monoisotopic (exact) mass is 427 g/mol. The number of carbonyl (C=O) groups is 1. The van der Waals surface area contributed by atoms with Gasteiger partial charge in [-0.25, -0.2) is 9.18 Å². The first-order valence-corrected chi connectivity index (χ1v) is 9.02. The van der Waals surface area contributed by atoms with E-state index in [1.807, 2.05) is 0 Å². The Bertz CT molecular complexity index is 1130. The minimum absolute atomic E-state index is 0.0582. The van der Waals surface area contributed by atoms with Crippen molar-refractivity contribution in [3.8, 4) is 5.75 Å². The van der Waals surface area contributed by atoms with Gasteiger partial charge in [-0.1, -0.05) is 23.4 Å². The molecule has 1 heterocycles. The summed E-state index contributed by atoms with van der Waals surface area (Å²) in [5, 5.41) is 18.0. The fraction of sp³-hybridized carbons (Fsp3) is 0.150. The zero-order chi connectivity index (χ0) is 22.4.